The third-order valence-electron chi connectivity index (χ3n) is 4.53. The Morgan fingerprint density at radius 1 is 0.917 bits per heavy atom. The number of hydrogen-bond donors (Lipinski definition) is 0. The maximum absolute atomic E-state index is 11.5. The standard InChI is InChI=1S/C21H36O3/c1-16(2)20(15-21(23)24-6)14-13-18(4)10-7-9-17(3)11-8-12-19(5)22/h10-11,16,20H,7-9,12-15H2,1-6H3/b17-11+,18-10+/t20-/m1/s1. The highest BCUT2D eigenvalue weighted by Gasteiger charge is 2.17. The van der Waals surface area contributed by atoms with Crippen molar-refractivity contribution in [2.75, 3.05) is 7.11 Å². The number of esters is 1. The van der Waals surface area contributed by atoms with E-state index in [4.69, 9.17) is 4.74 Å². The average Bonchev–Trinajstić information content (AvgIpc) is 2.50. The molecule has 0 saturated carbocycles. The molecule has 0 heterocycles. The van der Waals surface area contributed by atoms with Crippen LogP contribution in [0.25, 0.3) is 0 Å². The molecule has 0 fully saturated rings. The summed E-state index contributed by atoms with van der Waals surface area (Å²) in [7, 11) is 1.46. The van der Waals surface area contributed by atoms with Crippen LogP contribution in [0.2, 0.25) is 0 Å². The quantitative estimate of drug-likeness (QED) is 0.342. The number of allylic oxidation sites excluding steroid dienone is 4. The number of Topliss-reactive ketones (excluding diaryl/α,β-unsaturated/α-hetero) is 1. The van der Waals surface area contributed by atoms with Gasteiger partial charge in [0.2, 0.25) is 0 Å². The molecule has 0 unspecified atom stereocenters. The SMILES string of the molecule is COC(=O)C[C@@H](CC/C(C)=C/CC/C(C)=C/CCC(C)=O)C(C)C. The minimum Gasteiger partial charge on any atom is -0.469 e. The highest BCUT2D eigenvalue weighted by Crippen LogP contribution is 2.24. The molecule has 0 aromatic rings. The first kappa shape index (κ1) is 22.6. The third-order valence-corrected chi connectivity index (χ3v) is 4.53. The fourth-order valence-electron chi connectivity index (χ4n) is 2.65. The van der Waals surface area contributed by atoms with Crippen LogP contribution in [0.15, 0.2) is 23.3 Å². The summed E-state index contributed by atoms with van der Waals surface area (Å²) in [6.07, 6.45) is 10.6. The molecule has 138 valence electrons. The van der Waals surface area contributed by atoms with Crippen molar-refractivity contribution in [2.45, 2.75) is 79.6 Å². The van der Waals surface area contributed by atoms with Gasteiger partial charge in [-0.3, -0.25) is 4.79 Å². The van der Waals surface area contributed by atoms with Gasteiger partial charge in [0.25, 0.3) is 0 Å². The molecule has 0 aromatic carbocycles. The Bertz CT molecular complexity index is 444. The van der Waals surface area contributed by atoms with Crippen molar-refractivity contribution in [3.63, 3.8) is 0 Å². The number of ether oxygens (including phenoxy) is 1. The number of rotatable bonds is 12. The molecular formula is C21H36O3. The molecule has 0 saturated heterocycles. The Morgan fingerprint density at radius 3 is 1.96 bits per heavy atom. The van der Waals surface area contributed by atoms with Crippen molar-refractivity contribution >= 4 is 11.8 Å². The van der Waals surface area contributed by atoms with Gasteiger partial charge in [0, 0.05) is 12.8 Å². The van der Waals surface area contributed by atoms with Gasteiger partial charge in [-0.1, -0.05) is 37.1 Å². The topological polar surface area (TPSA) is 43.4 Å². The van der Waals surface area contributed by atoms with Gasteiger partial charge in [-0.15, -0.1) is 0 Å². The molecule has 0 radical (unpaired) electrons. The number of hydrogen-bond acceptors (Lipinski definition) is 3. The first-order valence-electron chi connectivity index (χ1n) is 9.13. The van der Waals surface area contributed by atoms with Gasteiger partial charge in [0.15, 0.2) is 0 Å². The maximum Gasteiger partial charge on any atom is 0.305 e. The smallest absolute Gasteiger partial charge is 0.305 e. The molecule has 3 nitrogen and oxygen atoms in total. The van der Waals surface area contributed by atoms with E-state index in [0.717, 1.165) is 32.1 Å². The number of methoxy groups -OCH3 is 1. The van der Waals surface area contributed by atoms with Crippen LogP contribution in [0, 0.1) is 11.8 Å². The van der Waals surface area contributed by atoms with Crippen LogP contribution in [0.5, 0.6) is 0 Å². The van der Waals surface area contributed by atoms with Crippen LogP contribution in [0.3, 0.4) is 0 Å². The molecule has 1 atom stereocenters. The summed E-state index contributed by atoms with van der Waals surface area (Å²) in [5, 5.41) is 0. The zero-order valence-electron chi connectivity index (χ0n) is 16.5. The van der Waals surface area contributed by atoms with Crippen molar-refractivity contribution in [3.8, 4) is 0 Å². The molecule has 0 amide bonds. The summed E-state index contributed by atoms with van der Waals surface area (Å²) in [5.74, 6) is 1.01. The van der Waals surface area contributed by atoms with Crippen LogP contribution < -0.4 is 0 Å². The Hall–Kier alpha value is -1.38. The zero-order valence-corrected chi connectivity index (χ0v) is 16.5. The van der Waals surface area contributed by atoms with Gasteiger partial charge in [0.1, 0.15) is 5.78 Å². The molecule has 0 N–H and O–H groups in total. The second-order valence-corrected chi connectivity index (χ2v) is 7.20. The van der Waals surface area contributed by atoms with E-state index in [0.29, 0.717) is 24.7 Å². The van der Waals surface area contributed by atoms with Gasteiger partial charge in [-0.25, -0.2) is 0 Å². The largest absolute Gasteiger partial charge is 0.469 e. The first-order chi connectivity index (χ1) is 11.3. The molecule has 24 heavy (non-hydrogen) atoms. The lowest BCUT2D eigenvalue weighted by Gasteiger charge is -2.19. The van der Waals surface area contributed by atoms with E-state index in [-0.39, 0.29) is 11.8 Å². The molecular weight excluding hydrogens is 300 g/mol. The molecule has 0 aromatic heterocycles. The fourth-order valence-corrected chi connectivity index (χ4v) is 2.65. The molecule has 0 aliphatic carbocycles. The van der Waals surface area contributed by atoms with E-state index < -0.39 is 0 Å². The lowest BCUT2D eigenvalue weighted by molar-refractivity contribution is -0.142. The van der Waals surface area contributed by atoms with Gasteiger partial charge in [-0.2, -0.15) is 0 Å². The molecule has 0 rings (SSSR count). The second-order valence-electron chi connectivity index (χ2n) is 7.20. The van der Waals surface area contributed by atoms with Gasteiger partial charge in [-0.05, 0) is 64.7 Å². The summed E-state index contributed by atoms with van der Waals surface area (Å²) in [4.78, 5) is 22.4. The Labute approximate surface area is 148 Å². The first-order valence-corrected chi connectivity index (χ1v) is 9.13. The molecule has 0 bridgehead atoms. The molecule has 0 aliphatic rings. The highest BCUT2D eigenvalue weighted by molar-refractivity contribution is 5.75. The van der Waals surface area contributed by atoms with Crippen LogP contribution in [0.1, 0.15) is 79.6 Å². The van der Waals surface area contributed by atoms with Crippen molar-refractivity contribution in [3.05, 3.63) is 23.3 Å². The van der Waals surface area contributed by atoms with Gasteiger partial charge in [0.05, 0.1) is 7.11 Å². The Morgan fingerprint density at radius 2 is 1.46 bits per heavy atom. The summed E-state index contributed by atoms with van der Waals surface area (Å²) in [5.41, 5.74) is 2.74. The Kier molecular flexibility index (Phi) is 12.2. The minimum absolute atomic E-state index is 0.110. The predicted molar refractivity (Wildman–Crippen MR) is 101 cm³/mol. The lowest BCUT2D eigenvalue weighted by atomic mass is 9.87. The lowest BCUT2D eigenvalue weighted by Crippen LogP contribution is -2.15. The monoisotopic (exact) mass is 336 g/mol. The average molecular weight is 337 g/mol. The summed E-state index contributed by atoms with van der Waals surface area (Å²) >= 11 is 0. The van der Waals surface area contributed by atoms with E-state index in [1.54, 1.807) is 6.92 Å². The molecule has 0 aliphatic heterocycles. The maximum atomic E-state index is 11.5. The van der Waals surface area contributed by atoms with Crippen LogP contribution >= 0.6 is 0 Å². The molecule has 0 spiro atoms. The zero-order chi connectivity index (χ0) is 18.5. The summed E-state index contributed by atoms with van der Waals surface area (Å²) in [6, 6.07) is 0. The normalized spacial score (nSPS) is 14.0. The van der Waals surface area contributed by atoms with E-state index in [2.05, 4.69) is 39.8 Å². The van der Waals surface area contributed by atoms with E-state index in [1.165, 1.54) is 18.3 Å². The summed E-state index contributed by atoms with van der Waals surface area (Å²) < 4.78 is 4.79. The van der Waals surface area contributed by atoms with Crippen molar-refractivity contribution < 1.29 is 14.3 Å². The van der Waals surface area contributed by atoms with Crippen molar-refractivity contribution in [1.29, 1.82) is 0 Å². The van der Waals surface area contributed by atoms with E-state index in [1.807, 2.05) is 0 Å². The van der Waals surface area contributed by atoms with Crippen molar-refractivity contribution in [1.82, 2.24) is 0 Å². The van der Waals surface area contributed by atoms with E-state index in [9.17, 15) is 9.59 Å². The van der Waals surface area contributed by atoms with Crippen LogP contribution in [-0.4, -0.2) is 18.9 Å². The Balaban J connectivity index is 4.20. The minimum atomic E-state index is -0.110. The van der Waals surface area contributed by atoms with Gasteiger partial charge < -0.3 is 9.53 Å². The highest BCUT2D eigenvalue weighted by atomic mass is 16.5. The number of carbonyl (C=O) groups is 2. The van der Waals surface area contributed by atoms with Crippen LogP contribution in [-0.2, 0) is 14.3 Å². The van der Waals surface area contributed by atoms with E-state index >= 15 is 0 Å². The van der Waals surface area contributed by atoms with Crippen LogP contribution in [0.4, 0.5) is 0 Å². The second kappa shape index (κ2) is 13.0. The fraction of sp³-hybridized carbons (Fsp3) is 0.714. The predicted octanol–water partition coefficient (Wildman–Crippen LogP) is 5.64. The van der Waals surface area contributed by atoms with Crippen molar-refractivity contribution in [2.24, 2.45) is 11.8 Å². The van der Waals surface area contributed by atoms with Gasteiger partial charge >= 0.3 is 5.97 Å². The molecule has 3 heteroatoms. The number of carbonyl (C=O) groups excluding carboxylic acids is 2. The summed E-state index contributed by atoms with van der Waals surface area (Å²) in [6.45, 7) is 10.3. The third kappa shape index (κ3) is 12.1. The number of ketones is 1.